The normalized spacial score (nSPS) is 11.6. The van der Waals surface area contributed by atoms with Crippen molar-refractivity contribution >= 4 is 29.9 Å². The van der Waals surface area contributed by atoms with Gasteiger partial charge in [-0.15, -0.1) is 24.0 Å². The molecule has 0 saturated carbocycles. The monoisotopic (exact) mass is 391 g/mol. The zero-order valence-corrected chi connectivity index (χ0v) is 15.3. The standard InChI is InChI=1S/C15H25N3O.HI/c1-6-19-13-9-7-8-12(10-13)11-17-14(16-5)18-15(2,3)4;/h7-10H,6,11H2,1-5H3,(H2,16,17,18);1H. The quantitative estimate of drug-likeness (QED) is 0.471. The highest BCUT2D eigenvalue weighted by atomic mass is 127. The second-order valence-corrected chi connectivity index (χ2v) is 5.38. The smallest absolute Gasteiger partial charge is 0.191 e. The van der Waals surface area contributed by atoms with Crippen LogP contribution in [0, 0.1) is 0 Å². The molecule has 0 spiro atoms. The Morgan fingerprint density at radius 3 is 2.55 bits per heavy atom. The van der Waals surface area contributed by atoms with E-state index in [1.807, 2.05) is 25.1 Å². The number of guanidine groups is 1. The summed E-state index contributed by atoms with van der Waals surface area (Å²) in [5.74, 6) is 1.70. The fourth-order valence-corrected chi connectivity index (χ4v) is 1.63. The molecule has 0 bridgehead atoms. The van der Waals surface area contributed by atoms with E-state index < -0.39 is 0 Å². The van der Waals surface area contributed by atoms with Crippen molar-refractivity contribution < 1.29 is 4.74 Å². The third-order valence-electron chi connectivity index (χ3n) is 2.39. The first-order valence-electron chi connectivity index (χ1n) is 6.65. The Labute approximate surface area is 139 Å². The molecule has 0 unspecified atom stereocenters. The lowest BCUT2D eigenvalue weighted by Crippen LogP contribution is -2.47. The predicted octanol–water partition coefficient (Wildman–Crippen LogP) is 3.17. The van der Waals surface area contributed by atoms with Gasteiger partial charge in [0.1, 0.15) is 5.75 Å². The second-order valence-electron chi connectivity index (χ2n) is 5.38. The third kappa shape index (κ3) is 7.57. The van der Waals surface area contributed by atoms with Crippen molar-refractivity contribution in [3.05, 3.63) is 29.8 Å². The fourth-order valence-electron chi connectivity index (χ4n) is 1.63. The first-order valence-corrected chi connectivity index (χ1v) is 6.65. The number of halogens is 1. The molecule has 0 saturated heterocycles. The molecule has 0 fully saturated rings. The van der Waals surface area contributed by atoms with Crippen molar-refractivity contribution in [1.82, 2.24) is 10.6 Å². The first-order chi connectivity index (χ1) is 8.94. The predicted molar refractivity (Wildman–Crippen MR) is 96.1 cm³/mol. The van der Waals surface area contributed by atoms with Crippen molar-refractivity contribution in [1.29, 1.82) is 0 Å². The van der Waals surface area contributed by atoms with Gasteiger partial charge < -0.3 is 15.4 Å². The van der Waals surface area contributed by atoms with E-state index in [0.29, 0.717) is 6.61 Å². The molecule has 0 radical (unpaired) electrons. The molecule has 114 valence electrons. The van der Waals surface area contributed by atoms with E-state index in [9.17, 15) is 0 Å². The summed E-state index contributed by atoms with van der Waals surface area (Å²) in [5, 5.41) is 6.62. The number of benzene rings is 1. The number of nitrogens with one attached hydrogen (secondary N) is 2. The van der Waals surface area contributed by atoms with E-state index in [0.717, 1.165) is 18.3 Å². The Morgan fingerprint density at radius 2 is 2.00 bits per heavy atom. The number of ether oxygens (including phenoxy) is 1. The number of nitrogens with zero attached hydrogens (tertiary/aromatic N) is 1. The molecule has 1 aromatic rings. The molecule has 0 atom stereocenters. The topological polar surface area (TPSA) is 45.6 Å². The summed E-state index contributed by atoms with van der Waals surface area (Å²) in [5.41, 5.74) is 1.16. The molecule has 0 amide bonds. The first kappa shape index (κ1) is 19.0. The minimum absolute atomic E-state index is 0. The Hall–Kier alpha value is -0.980. The zero-order valence-electron chi connectivity index (χ0n) is 13.0. The van der Waals surface area contributed by atoms with Gasteiger partial charge in [0.15, 0.2) is 5.96 Å². The van der Waals surface area contributed by atoms with Crippen LogP contribution in [-0.4, -0.2) is 25.2 Å². The molecule has 4 nitrogen and oxygen atoms in total. The van der Waals surface area contributed by atoms with Gasteiger partial charge in [-0.05, 0) is 45.4 Å². The molecule has 0 heterocycles. The maximum absolute atomic E-state index is 5.49. The highest BCUT2D eigenvalue weighted by molar-refractivity contribution is 14.0. The number of hydrogen-bond donors (Lipinski definition) is 2. The molecule has 20 heavy (non-hydrogen) atoms. The minimum atomic E-state index is -0.00495. The van der Waals surface area contributed by atoms with E-state index >= 15 is 0 Å². The van der Waals surface area contributed by atoms with E-state index in [-0.39, 0.29) is 29.5 Å². The van der Waals surface area contributed by atoms with Crippen LogP contribution in [0.25, 0.3) is 0 Å². The lowest BCUT2D eigenvalue weighted by Gasteiger charge is -2.23. The Kier molecular flexibility index (Phi) is 8.60. The van der Waals surface area contributed by atoms with Crippen molar-refractivity contribution in [3.63, 3.8) is 0 Å². The third-order valence-corrected chi connectivity index (χ3v) is 2.39. The Morgan fingerprint density at radius 1 is 1.30 bits per heavy atom. The van der Waals surface area contributed by atoms with Gasteiger partial charge in [0.25, 0.3) is 0 Å². The average molecular weight is 391 g/mol. The largest absolute Gasteiger partial charge is 0.494 e. The van der Waals surface area contributed by atoms with E-state index in [1.165, 1.54) is 5.56 Å². The van der Waals surface area contributed by atoms with Crippen LogP contribution in [0.1, 0.15) is 33.3 Å². The van der Waals surface area contributed by atoms with Crippen LogP contribution in [-0.2, 0) is 6.54 Å². The van der Waals surface area contributed by atoms with Crippen LogP contribution in [0.15, 0.2) is 29.3 Å². The maximum Gasteiger partial charge on any atom is 0.191 e. The Balaban J connectivity index is 0.00000361. The average Bonchev–Trinajstić information content (AvgIpc) is 2.34. The van der Waals surface area contributed by atoms with Gasteiger partial charge in [0, 0.05) is 19.1 Å². The highest BCUT2D eigenvalue weighted by Gasteiger charge is 2.11. The maximum atomic E-state index is 5.49. The second kappa shape index (κ2) is 9.05. The fraction of sp³-hybridized carbons (Fsp3) is 0.533. The summed E-state index contributed by atoms with van der Waals surface area (Å²) in [6.45, 7) is 9.71. The SMILES string of the molecule is CCOc1cccc(CNC(=NC)NC(C)(C)C)c1.I. The van der Waals surface area contributed by atoms with Gasteiger partial charge >= 0.3 is 0 Å². The van der Waals surface area contributed by atoms with E-state index in [1.54, 1.807) is 7.05 Å². The number of aliphatic imine (C=N–C) groups is 1. The zero-order chi connectivity index (χ0) is 14.3. The van der Waals surface area contributed by atoms with Crippen LogP contribution >= 0.6 is 24.0 Å². The van der Waals surface area contributed by atoms with Gasteiger partial charge in [0.05, 0.1) is 6.61 Å². The van der Waals surface area contributed by atoms with Crippen LogP contribution in [0.4, 0.5) is 0 Å². The molecular formula is C15H26IN3O. The van der Waals surface area contributed by atoms with Crippen molar-refractivity contribution in [2.45, 2.75) is 39.8 Å². The highest BCUT2D eigenvalue weighted by Crippen LogP contribution is 2.13. The molecule has 0 aromatic heterocycles. The summed E-state index contributed by atoms with van der Waals surface area (Å²) < 4.78 is 5.49. The van der Waals surface area contributed by atoms with Crippen LogP contribution in [0.2, 0.25) is 0 Å². The molecular weight excluding hydrogens is 365 g/mol. The van der Waals surface area contributed by atoms with Gasteiger partial charge in [0.2, 0.25) is 0 Å². The molecule has 0 aliphatic rings. The summed E-state index contributed by atoms with van der Waals surface area (Å²) in [6.07, 6.45) is 0. The molecule has 0 aliphatic heterocycles. The van der Waals surface area contributed by atoms with E-state index in [4.69, 9.17) is 4.74 Å². The van der Waals surface area contributed by atoms with Crippen LogP contribution in [0.3, 0.4) is 0 Å². The van der Waals surface area contributed by atoms with Gasteiger partial charge in [-0.1, -0.05) is 12.1 Å². The summed E-state index contributed by atoms with van der Waals surface area (Å²) in [4.78, 5) is 4.21. The lowest BCUT2D eigenvalue weighted by atomic mass is 10.1. The number of hydrogen-bond acceptors (Lipinski definition) is 2. The Bertz CT molecular complexity index is 427. The van der Waals surface area contributed by atoms with Crippen LogP contribution in [0.5, 0.6) is 5.75 Å². The minimum Gasteiger partial charge on any atom is -0.494 e. The van der Waals surface area contributed by atoms with E-state index in [2.05, 4.69) is 42.5 Å². The summed E-state index contributed by atoms with van der Waals surface area (Å²) in [7, 11) is 1.78. The van der Waals surface area contributed by atoms with Crippen molar-refractivity contribution in [2.24, 2.45) is 4.99 Å². The van der Waals surface area contributed by atoms with Crippen molar-refractivity contribution in [2.75, 3.05) is 13.7 Å². The van der Waals surface area contributed by atoms with Gasteiger partial charge in [-0.3, -0.25) is 4.99 Å². The molecule has 1 aromatic carbocycles. The molecule has 5 heteroatoms. The van der Waals surface area contributed by atoms with Crippen molar-refractivity contribution in [3.8, 4) is 5.75 Å². The number of rotatable bonds is 4. The van der Waals surface area contributed by atoms with Crippen LogP contribution < -0.4 is 15.4 Å². The molecule has 0 aliphatic carbocycles. The molecule has 2 N–H and O–H groups in total. The summed E-state index contributed by atoms with van der Waals surface area (Å²) >= 11 is 0. The molecule has 1 rings (SSSR count). The summed E-state index contributed by atoms with van der Waals surface area (Å²) in [6, 6.07) is 8.08. The lowest BCUT2D eigenvalue weighted by molar-refractivity contribution is 0.340. The van der Waals surface area contributed by atoms with Gasteiger partial charge in [-0.2, -0.15) is 0 Å². The van der Waals surface area contributed by atoms with Gasteiger partial charge in [-0.25, -0.2) is 0 Å².